The molecule has 0 unspecified atom stereocenters. The van der Waals surface area contributed by atoms with Gasteiger partial charge in [-0.25, -0.2) is 18.4 Å². The van der Waals surface area contributed by atoms with E-state index in [0.29, 0.717) is 5.82 Å². The summed E-state index contributed by atoms with van der Waals surface area (Å²) in [6.45, 7) is 2.99. The Bertz CT molecular complexity index is 504. The Kier molecular flexibility index (Phi) is 3.86. The fraction of sp³-hybridized carbons (Fsp3) is 0.333. The normalized spacial score (nSPS) is 10.6. The standard InChI is InChI=1S/C12H14F2N4/c1-2-6-18-11(16-8-17-18)7-15-12-9(13)4-3-5-10(12)14/h3-5,8,15H,2,6-7H2,1H3. The van der Waals surface area contributed by atoms with Gasteiger partial charge in [0.15, 0.2) is 0 Å². The van der Waals surface area contributed by atoms with Crippen LogP contribution in [-0.4, -0.2) is 14.8 Å². The molecule has 0 radical (unpaired) electrons. The number of halogens is 2. The van der Waals surface area contributed by atoms with Crippen molar-refractivity contribution in [1.82, 2.24) is 14.8 Å². The molecule has 4 nitrogen and oxygen atoms in total. The van der Waals surface area contributed by atoms with Crippen LogP contribution in [0, 0.1) is 11.6 Å². The summed E-state index contributed by atoms with van der Waals surface area (Å²) in [5.74, 6) is -0.576. The lowest BCUT2D eigenvalue weighted by Crippen LogP contribution is -2.11. The number of nitrogens with zero attached hydrogens (tertiary/aromatic N) is 3. The number of hydrogen-bond donors (Lipinski definition) is 1. The van der Waals surface area contributed by atoms with Gasteiger partial charge in [-0.2, -0.15) is 5.10 Å². The molecule has 0 fully saturated rings. The zero-order chi connectivity index (χ0) is 13.0. The van der Waals surface area contributed by atoms with Crippen molar-refractivity contribution in [2.45, 2.75) is 26.4 Å². The minimum absolute atomic E-state index is 0.136. The van der Waals surface area contributed by atoms with Crippen molar-refractivity contribution in [1.29, 1.82) is 0 Å². The molecule has 1 aromatic heterocycles. The molecule has 2 rings (SSSR count). The molecule has 0 bridgehead atoms. The first-order chi connectivity index (χ1) is 8.72. The average molecular weight is 252 g/mol. The van der Waals surface area contributed by atoms with Crippen molar-refractivity contribution in [2.24, 2.45) is 0 Å². The maximum absolute atomic E-state index is 13.4. The van der Waals surface area contributed by atoms with E-state index in [1.165, 1.54) is 24.5 Å². The van der Waals surface area contributed by atoms with E-state index in [4.69, 9.17) is 0 Å². The number of para-hydroxylation sites is 1. The van der Waals surface area contributed by atoms with Crippen LogP contribution in [0.25, 0.3) is 0 Å². The van der Waals surface area contributed by atoms with Crippen LogP contribution in [0.1, 0.15) is 19.2 Å². The smallest absolute Gasteiger partial charge is 0.149 e. The van der Waals surface area contributed by atoms with Gasteiger partial charge in [-0.1, -0.05) is 13.0 Å². The van der Waals surface area contributed by atoms with Gasteiger partial charge in [-0.15, -0.1) is 0 Å². The first-order valence-electron chi connectivity index (χ1n) is 5.77. The van der Waals surface area contributed by atoms with Crippen molar-refractivity contribution in [3.63, 3.8) is 0 Å². The first kappa shape index (κ1) is 12.5. The molecular weight excluding hydrogens is 238 g/mol. The van der Waals surface area contributed by atoms with Gasteiger partial charge in [-0.05, 0) is 18.6 Å². The van der Waals surface area contributed by atoms with Crippen LogP contribution >= 0.6 is 0 Å². The highest BCUT2D eigenvalue weighted by Gasteiger charge is 2.09. The summed E-state index contributed by atoms with van der Waals surface area (Å²) in [7, 11) is 0. The van der Waals surface area contributed by atoms with Crippen LogP contribution < -0.4 is 5.32 Å². The van der Waals surface area contributed by atoms with Crippen LogP contribution in [0.4, 0.5) is 14.5 Å². The van der Waals surface area contributed by atoms with Crippen molar-refractivity contribution >= 4 is 5.69 Å². The van der Waals surface area contributed by atoms with Gasteiger partial charge in [0.2, 0.25) is 0 Å². The van der Waals surface area contributed by atoms with E-state index in [0.717, 1.165) is 13.0 Å². The molecule has 1 N–H and O–H groups in total. The molecule has 0 saturated carbocycles. The molecule has 0 saturated heterocycles. The SMILES string of the molecule is CCCn1ncnc1CNc1c(F)cccc1F. The topological polar surface area (TPSA) is 42.7 Å². The molecule has 0 spiro atoms. The van der Waals surface area contributed by atoms with Crippen molar-refractivity contribution in [3.8, 4) is 0 Å². The quantitative estimate of drug-likeness (QED) is 0.889. The molecule has 1 heterocycles. The summed E-state index contributed by atoms with van der Waals surface area (Å²) in [4.78, 5) is 4.05. The highest BCUT2D eigenvalue weighted by Crippen LogP contribution is 2.18. The van der Waals surface area contributed by atoms with Gasteiger partial charge in [0.1, 0.15) is 29.5 Å². The minimum atomic E-state index is -0.614. The molecule has 2 aromatic rings. The third kappa shape index (κ3) is 2.64. The molecule has 96 valence electrons. The number of rotatable bonds is 5. The van der Waals surface area contributed by atoms with Crippen LogP contribution in [0.3, 0.4) is 0 Å². The molecule has 6 heteroatoms. The number of nitrogens with one attached hydrogen (secondary N) is 1. The number of hydrogen-bond acceptors (Lipinski definition) is 3. The fourth-order valence-electron chi connectivity index (χ4n) is 1.66. The molecule has 18 heavy (non-hydrogen) atoms. The Morgan fingerprint density at radius 1 is 1.28 bits per heavy atom. The number of anilines is 1. The molecule has 1 aromatic carbocycles. The summed E-state index contributed by atoms with van der Waals surface area (Å²) < 4.78 is 28.5. The largest absolute Gasteiger partial charge is 0.373 e. The molecule has 0 atom stereocenters. The number of aryl methyl sites for hydroxylation is 1. The predicted octanol–water partition coefficient (Wildman–Crippen LogP) is 2.58. The second-order valence-electron chi connectivity index (χ2n) is 3.85. The minimum Gasteiger partial charge on any atom is -0.373 e. The van der Waals surface area contributed by atoms with E-state index in [1.54, 1.807) is 4.68 Å². The van der Waals surface area contributed by atoms with Gasteiger partial charge in [-0.3, -0.25) is 0 Å². The van der Waals surface area contributed by atoms with Crippen LogP contribution in [0.15, 0.2) is 24.5 Å². The summed E-state index contributed by atoms with van der Waals surface area (Å²) in [6, 6.07) is 3.75. The summed E-state index contributed by atoms with van der Waals surface area (Å²) in [5, 5.41) is 6.75. The lowest BCUT2D eigenvalue weighted by molar-refractivity contribution is 0.567. The van der Waals surface area contributed by atoms with E-state index in [1.807, 2.05) is 6.92 Å². The lowest BCUT2D eigenvalue weighted by Gasteiger charge is -2.09. The van der Waals surface area contributed by atoms with Gasteiger partial charge >= 0.3 is 0 Å². The predicted molar refractivity (Wildman–Crippen MR) is 64.0 cm³/mol. The Morgan fingerprint density at radius 2 is 2.00 bits per heavy atom. The molecule has 0 aliphatic carbocycles. The third-order valence-corrected chi connectivity index (χ3v) is 2.52. The van der Waals surface area contributed by atoms with Gasteiger partial charge in [0, 0.05) is 6.54 Å². The van der Waals surface area contributed by atoms with E-state index >= 15 is 0 Å². The summed E-state index contributed by atoms with van der Waals surface area (Å²) >= 11 is 0. The van der Waals surface area contributed by atoms with E-state index in [9.17, 15) is 8.78 Å². The molecule has 0 aliphatic rings. The van der Waals surface area contributed by atoms with Crippen LogP contribution in [0.2, 0.25) is 0 Å². The Hall–Kier alpha value is -1.98. The van der Waals surface area contributed by atoms with E-state index in [2.05, 4.69) is 15.4 Å². The second kappa shape index (κ2) is 5.57. The van der Waals surface area contributed by atoms with E-state index < -0.39 is 11.6 Å². The van der Waals surface area contributed by atoms with Crippen LogP contribution in [-0.2, 0) is 13.1 Å². The molecule has 0 aliphatic heterocycles. The Labute approximate surface area is 104 Å². The molecular formula is C12H14F2N4. The monoisotopic (exact) mass is 252 g/mol. The Balaban J connectivity index is 2.09. The summed E-state index contributed by atoms with van der Waals surface area (Å²) in [5.41, 5.74) is -0.136. The van der Waals surface area contributed by atoms with Gasteiger partial charge < -0.3 is 5.32 Å². The van der Waals surface area contributed by atoms with Crippen molar-refractivity contribution in [3.05, 3.63) is 42.0 Å². The highest BCUT2D eigenvalue weighted by molar-refractivity contribution is 5.45. The third-order valence-electron chi connectivity index (χ3n) is 2.52. The van der Waals surface area contributed by atoms with Crippen molar-refractivity contribution in [2.75, 3.05) is 5.32 Å². The van der Waals surface area contributed by atoms with Crippen LogP contribution in [0.5, 0.6) is 0 Å². The summed E-state index contributed by atoms with van der Waals surface area (Å²) in [6.07, 6.45) is 2.36. The van der Waals surface area contributed by atoms with Gasteiger partial charge in [0.25, 0.3) is 0 Å². The first-order valence-corrected chi connectivity index (χ1v) is 5.77. The zero-order valence-corrected chi connectivity index (χ0v) is 10.0. The molecule has 0 amide bonds. The van der Waals surface area contributed by atoms with Gasteiger partial charge in [0.05, 0.1) is 6.54 Å². The second-order valence-corrected chi connectivity index (χ2v) is 3.85. The number of benzene rings is 1. The Morgan fingerprint density at radius 3 is 2.67 bits per heavy atom. The highest BCUT2D eigenvalue weighted by atomic mass is 19.1. The maximum Gasteiger partial charge on any atom is 0.149 e. The fourth-order valence-corrected chi connectivity index (χ4v) is 1.66. The maximum atomic E-state index is 13.4. The lowest BCUT2D eigenvalue weighted by atomic mass is 10.3. The average Bonchev–Trinajstić information content (AvgIpc) is 2.77. The van der Waals surface area contributed by atoms with Crippen molar-refractivity contribution < 1.29 is 8.78 Å². The van der Waals surface area contributed by atoms with E-state index in [-0.39, 0.29) is 12.2 Å². The zero-order valence-electron chi connectivity index (χ0n) is 10.0. The number of aromatic nitrogens is 3.